The number of rotatable bonds is 8. The van der Waals surface area contributed by atoms with E-state index in [1.807, 2.05) is 36.4 Å². The van der Waals surface area contributed by atoms with Crippen molar-refractivity contribution >= 4 is 17.5 Å². The molecule has 0 saturated heterocycles. The average Bonchev–Trinajstić information content (AvgIpc) is 3.29. The summed E-state index contributed by atoms with van der Waals surface area (Å²) in [5.41, 5.74) is 3.09. The monoisotopic (exact) mass is 400 g/mol. The maximum Gasteiger partial charge on any atom is 0.226 e. The van der Waals surface area contributed by atoms with Crippen molar-refractivity contribution in [2.75, 3.05) is 7.05 Å². The van der Waals surface area contributed by atoms with Gasteiger partial charge in [0.25, 0.3) is 0 Å². The molecule has 0 aliphatic carbocycles. The minimum Gasteiger partial charge on any atom is -0.358 e. The van der Waals surface area contributed by atoms with E-state index < -0.39 is 0 Å². The van der Waals surface area contributed by atoms with Gasteiger partial charge in [0.2, 0.25) is 11.8 Å². The van der Waals surface area contributed by atoms with Crippen molar-refractivity contribution in [3.63, 3.8) is 0 Å². The molecule has 1 amide bonds. The maximum absolute atomic E-state index is 12.4. The molecule has 0 bridgehead atoms. The molecule has 7 heteroatoms. The zero-order valence-electron chi connectivity index (χ0n) is 16.4. The smallest absolute Gasteiger partial charge is 0.226 e. The molecule has 1 N–H and O–H groups in total. The number of aromatic nitrogens is 3. The van der Waals surface area contributed by atoms with E-state index in [2.05, 4.69) is 29.0 Å². The van der Waals surface area contributed by atoms with Crippen LogP contribution in [0.5, 0.6) is 0 Å². The molecule has 28 heavy (non-hydrogen) atoms. The first-order chi connectivity index (χ1) is 13.4. The van der Waals surface area contributed by atoms with Crippen molar-refractivity contribution in [1.82, 2.24) is 20.0 Å². The van der Waals surface area contributed by atoms with Gasteiger partial charge < -0.3 is 14.4 Å². The standard InChI is InChI=1S/C21H25ClN4O2/c1-14(2)12-20-24-19(25-28-20)13-26(3)21(27)11-9-17-8-10-18(23-17)15-4-6-16(22)7-5-15/h4-8,10,14,23H,9,11-13H2,1-3H3. The number of nitrogens with one attached hydrogen (secondary N) is 1. The maximum atomic E-state index is 12.4. The van der Waals surface area contributed by atoms with Crippen LogP contribution in [0.1, 0.15) is 37.7 Å². The number of aromatic amines is 1. The highest BCUT2D eigenvalue weighted by molar-refractivity contribution is 6.30. The molecule has 3 aromatic rings. The molecule has 148 valence electrons. The van der Waals surface area contributed by atoms with Crippen LogP contribution in [0.25, 0.3) is 11.3 Å². The zero-order chi connectivity index (χ0) is 20.1. The highest BCUT2D eigenvalue weighted by atomic mass is 35.5. The molecular weight excluding hydrogens is 376 g/mol. The normalized spacial score (nSPS) is 11.2. The van der Waals surface area contributed by atoms with Gasteiger partial charge in [0.15, 0.2) is 5.82 Å². The number of hydrogen-bond acceptors (Lipinski definition) is 4. The summed E-state index contributed by atoms with van der Waals surface area (Å²) in [5.74, 6) is 1.65. The van der Waals surface area contributed by atoms with Crippen LogP contribution in [-0.4, -0.2) is 33.0 Å². The number of benzene rings is 1. The number of amides is 1. The van der Waals surface area contributed by atoms with Crippen LogP contribution in [0.15, 0.2) is 40.9 Å². The predicted octanol–water partition coefficient (Wildman–Crippen LogP) is 4.51. The van der Waals surface area contributed by atoms with Gasteiger partial charge in [-0.3, -0.25) is 4.79 Å². The minimum atomic E-state index is 0.0397. The zero-order valence-corrected chi connectivity index (χ0v) is 17.2. The number of carbonyl (C=O) groups excluding carboxylic acids is 1. The Balaban J connectivity index is 1.51. The van der Waals surface area contributed by atoms with Gasteiger partial charge in [0, 0.05) is 36.3 Å². The van der Waals surface area contributed by atoms with E-state index in [-0.39, 0.29) is 5.91 Å². The number of nitrogens with zero attached hydrogens (tertiary/aromatic N) is 3. The molecule has 0 spiro atoms. The lowest BCUT2D eigenvalue weighted by atomic mass is 10.1. The number of halogens is 1. The molecule has 1 aromatic carbocycles. The fourth-order valence-corrected chi connectivity index (χ4v) is 3.03. The van der Waals surface area contributed by atoms with E-state index in [1.54, 1.807) is 11.9 Å². The Hall–Kier alpha value is -2.60. The Morgan fingerprint density at radius 2 is 1.96 bits per heavy atom. The quantitative estimate of drug-likeness (QED) is 0.603. The fourth-order valence-electron chi connectivity index (χ4n) is 2.90. The second-order valence-electron chi connectivity index (χ2n) is 7.36. The SMILES string of the molecule is CC(C)Cc1nc(CN(C)C(=O)CCc2ccc(-c3ccc(Cl)cc3)[nH]2)no1. The van der Waals surface area contributed by atoms with Crippen LogP contribution < -0.4 is 0 Å². The summed E-state index contributed by atoms with van der Waals surface area (Å²) < 4.78 is 5.23. The van der Waals surface area contributed by atoms with E-state index >= 15 is 0 Å². The summed E-state index contributed by atoms with van der Waals surface area (Å²) in [4.78, 5) is 21.8. The number of carbonyl (C=O) groups is 1. The van der Waals surface area contributed by atoms with Gasteiger partial charge in [0.1, 0.15) is 0 Å². The Kier molecular flexibility index (Phi) is 6.52. The third-order valence-corrected chi connectivity index (χ3v) is 4.66. The van der Waals surface area contributed by atoms with Crippen LogP contribution in [-0.2, 0) is 24.2 Å². The van der Waals surface area contributed by atoms with Crippen molar-refractivity contribution in [2.45, 2.75) is 39.7 Å². The molecule has 0 aliphatic rings. The van der Waals surface area contributed by atoms with Crippen molar-refractivity contribution in [2.24, 2.45) is 5.92 Å². The van der Waals surface area contributed by atoms with E-state index in [4.69, 9.17) is 16.1 Å². The molecule has 3 rings (SSSR count). The minimum absolute atomic E-state index is 0.0397. The van der Waals surface area contributed by atoms with Gasteiger partial charge in [0.05, 0.1) is 6.54 Å². The third kappa shape index (κ3) is 5.45. The number of H-pyrrole nitrogens is 1. The molecule has 0 radical (unpaired) electrons. The second-order valence-corrected chi connectivity index (χ2v) is 7.79. The van der Waals surface area contributed by atoms with E-state index in [9.17, 15) is 4.79 Å². The van der Waals surface area contributed by atoms with Gasteiger partial charge in [-0.2, -0.15) is 4.98 Å². The Morgan fingerprint density at radius 1 is 1.21 bits per heavy atom. The highest BCUT2D eigenvalue weighted by Gasteiger charge is 2.14. The Labute approximate surface area is 169 Å². The molecule has 0 unspecified atom stereocenters. The average molecular weight is 401 g/mol. The van der Waals surface area contributed by atoms with Crippen LogP contribution in [0, 0.1) is 5.92 Å². The molecular formula is C21H25ClN4O2. The van der Waals surface area contributed by atoms with E-state index in [1.165, 1.54) is 0 Å². The lowest BCUT2D eigenvalue weighted by Gasteiger charge is -2.14. The molecule has 0 atom stereocenters. The molecule has 0 fully saturated rings. The van der Waals surface area contributed by atoms with Crippen molar-refractivity contribution < 1.29 is 9.32 Å². The largest absolute Gasteiger partial charge is 0.358 e. The van der Waals surface area contributed by atoms with Crippen LogP contribution in [0.2, 0.25) is 5.02 Å². The van der Waals surface area contributed by atoms with Crippen LogP contribution in [0.3, 0.4) is 0 Å². The molecule has 6 nitrogen and oxygen atoms in total. The third-order valence-electron chi connectivity index (χ3n) is 4.41. The van der Waals surface area contributed by atoms with Crippen LogP contribution in [0.4, 0.5) is 0 Å². The second kappa shape index (κ2) is 9.06. The topological polar surface area (TPSA) is 75.0 Å². The molecule has 2 aromatic heterocycles. The summed E-state index contributed by atoms with van der Waals surface area (Å²) in [6.07, 6.45) is 1.79. The number of aryl methyl sites for hydroxylation is 1. The number of hydrogen-bond donors (Lipinski definition) is 1. The summed E-state index contributed by atoms with van der Waals surface area (Å²) in [6.45, 7) is 4.54. The van der Waals surface area contributed by atoms with Gasteiger partial charge >= 0.3 is 0 Å². The van der Waals surface area contributed by atoms with Gasteiger partial charge in [-0.15, -0.1) is 0 Å². The van der Waals surface area contributed by atoms with Crippen molar-refractivity contribution in [3.8, 4) is 11.3 Å². The Bertz CT molecular complexity index is 915. The van der Waals surface area contributed by atoms with Crippen molar-refractivity contribution in [1.29, 1.82) is 0 Å². The summed E-state index contributed by atoms with van der Waals surface area (Å²) in [7, 11) is 1.76. The first-order valence-corrected chi connectivity index (χ1v) is 9.77. The molecule has 0 saturated carbocycles. The first-order valence-electron chi connectivity index (χ1n) is 9.40. The van der Waals surface area contributed by atoms with E-state index in [0.717, 1.165) is 23.4 Å². The predicted molar refractivity (Wildman–Crippen MR) is 109 cm³/mol. The van der Waals surface area contributed by atoms with E-state index in [0.29, 0.717) is 42.0 Å². The lowest BCUT2D eigenvalue weighted by Crippen LogP contribution is -2.27. The first kappa shape index (κ1) is 20.1. The fraction of sp³-hybridized carbons (Fsp3) is 0.381. The lowest BCUT2D eigenvalue weighted by molar-refractivity contribution is -0.130. The van der Waals surface area contributed by atoms with Gasteiger partial charge in [-0.05, 0) is 42.2 Å². The molecule has 0 aliphatic heterocycles. The van der Waals surface area contributed by atoms with Crippen LogP contribution >= 0.6 is 11.6 Å². The summed E-state index contributed by atoms with van der Waals surface area (Å²) in [5, 5.41) is 4.67. The summed E-state index contributed by atoms with van der Waals surface area (Å²) in [6, 6.07) is 11.7. The van der Waals surface area contributed by atoms with Gasteiger partial charge in [-0.25, -0.2) is 0 Å². The highest BCUT2D eigenvalue weighted by Crippen LogP contribution is 2.21. The Morgan fingerprint density at radius 3 is 2.68 bits per heavy atom. The van der Waals surface area contributed by atoms with Gasteiger partial charge in [-0.1, -0.05) is 42.7 Å². The molecule has 2 heterocycles. The summed E-state index contributed by atoms with van der Waals surface area (Å²) >= 11 is 5.93. The van der Waals surface area contributed by atoms with Crippen molar-refractivity contribution in [3.05, 3.63) is 58.8 Å².